The average Bonchev–Trinajstić information content (AvgIpc) is 2.93. The average molecular weight is 261 g/mol. The molecule has 2 atom stereocenters. The van der Waals surface area contributed by atoms with Gasteiger partial charge in [0.1, 0.15) is 5.84 Å². The first-order valence-electron chi connectivity index (χ1n) is 5.99. The summed E-state index contributed by atoms with van der Waals surface area (Å²) < 4.78 is 26.4. The zero-order valence-corrected chi connectivity index (χ0v) is 10.5. The molecule has 7 heteroatoms. The summed E-state index contributed by atoms with van der Waals surface area (Å²) in [6.07, 6.45) is 4.44. The zero-order chi connectivity index (χ0) is 12.5. The van der Waals surface area contributed by atoms with Gasteiger partial charge in [0.2, 0.25) is 10.0 Å². The van der Waals surface area contributed by atoms with Crippen molar-refractivity contribution >= 4 is 15.9 Å². The molecule has 98 valence electrons. The van der Waals surface area contributed by atoms with E-state index in [-0.39, 0.29) is 23.5 Å². The zero-order valence-electron chi connectivity index (χ0n) is 9.67. The molecule has 0 amide bonds. The predicted octanol–water partition coefficient (Wildman–Crippen LogP) is 0.231. The molecule has 6 nitrogen and oxygen atoms in total. The first-order valence-corrected chi connectivity index (χ1v) is 7.64. The van der Waals surface area contributed by atoms with Crippen LogP contribution < -0.4 is 10.5 Å². The van der Waals surface area contributed by atoms with Gasteiger partial charge in [-0.1, -0.05) is 11.6 Å². The van der Waals surface area contributed by atoms with E-state index in [2.05, 4.69) is 9.88 Å². The molecule has 2 rings (SSSR count). The van der Waals surface area contributed by atoms with Gasteiger partial charge < -0.3 is 10.9 Å². The number of nitrogens with one attached hydrogen (secondary N) is 1. The van der Waals surface area contributed by atoms with Crippen molar-refractivity contribution in [1.82, 2.24) is 4.72 Å². The van der Waals surface area contributed by atoms with E-state index >= 15 is 0 Å². The molecule has 0 aromatic rings. The molecule has 0 aromatic heterocycles. The fourth-order valence-corrected chi connectivity index (χ4v) is 4.20. The highest BCUT2D eigenvalue weighted by atomic mass is 32.2. The van der Waals surface area contributed by atoms with Crippen LogP contribution in [0.2, 0.25) is 0 Å². The smallest absolute Gasteiger partial charge is 0.212 e. The summed E-state index contributed by atoms with van der Waals surface area (Å²) in [5.74, 6) is 0.499. The number of rotatable bonds is 5. The number of hydrogen-bond acceptors (Lipinski definition) is 4. The molecule has 0 radical (unpaired) electrons. The lowest BCUT2D eigenvalue weighted by Crippen LogP contribution is -2.43. The maximum absolute atomic E-state index is 11.8. The first kappa shape index (κ1) is 12.6. The second-order valence-electron chi connectivity index (χ2n) is 5.01. The van der Waals surface area contributed by atoms with Crippen LogP contribution in [-0.2, 0) is 10.0 Å². The molecule has 0 heterocycles. The Kier molecular flexibility index (Phi) is 3.58. The van der Waals surface area contributed by atoms with Gasteiger partial charge in [0.25, 0.3) is 0 Å². The van der Waals surface area contributed by atoms with Crippen LogP contribution in [0.5, 0.6) is 0 Å². The Bertz CT molecular complexity index is 403. The molecule has 2 aliphatic carbocycles. The van der Waals surface area contributed by atoms with E-state index < -0.39 is 10.0 Å². The van der Waals surface area contributed by atoms with Gasteiger partial charge >= 0.3 is 0 Å². The number of amidine groups is 1. The SMILES string of the molecule is NC(=NO)C1CCCC1NS(=O)(=O)CC1CC1. The van der Waals surface area contributed by atoms with Crippen molar-refractivity contribution in [3.05, 3.63) is 0 Å². The van der Waals surface area contributed by atoms with Crippen LogP contribution in [0.4, 0.5) is 0 Å². The fraction of sp³-hybridized carbons (Fsp3) is 0.900. The van der Waals surface area contributed by atoms with Crippen LogP contribution >= 0.6 is 0 Å². The Hall–Kier alpha value is -0.820. The third-order valence-corrected chi connectivity index (χ3v) is 5.07. The summed E-state index contributed by atoms with van der Waals surface area (Å²) in [5.41, 5.74) is 5.57. The summed E-state index contributed by atoms with van der Waals surface area (Å²) in [4.78, 5) is 0. The highest BCUT2D eigenvalue weighted by molar-refractivity contribution is 7.89. The fourth-order valence-electron chi connectivity index (χ4n) is 2.40. The largest absolute Gasteiger partial charge is 0.409 e. The van der Waals surface area contributed by atoms with E-state index in [4.69, 9.17) is 10.9 Å². The quantitative estimate of drug-likeness (QED) is 0.285. The molecular weight excluding hydrogens is 242 g/mol. The van der Waals surface area contributed by atoms with Gasteiger partial charge in [-0.3, -0.25) is 0 Å². The Labute approximate surface area is 101 Å². The summed E-state index contributed by atoms with van der Waals surface area (Å²) in [7, 11) is -3.22. The second kappa shape index (κ2) is 4.81. The maximum Gasteiger partial charge on any atom is 0.212 e. The van der Waals surface area contributed by atoms with E-state index in [1.54, 1.807) is 0 Å². The summed E-state index contributed by atoms with van der Waals surface area (Å²) in [6.45, 7) is 0. The molecule has 2 unspecified atom stereocenters. The van der Waals surface area contributed by atoms with Gasteiger partial charge in [0.05, 0.1) is 5.75 Å². The minimum Gasteiger partial charge on any atom is -0.409 e. The van der Waals surface area contributed by atoms with Crippen LogP contribution in [0.15, 0.2) is 5.16 Å². The van der Waals surface area contributed by atoms with Crippen LogP contribution in [0.3, 0.4) is 0 Å². The van der Waals surface area contributed by atoms with Gasteiger partial charge in [-0.15, -0.1) is 0 Å². The van der Waals surface area contributed by atoms with Gasteiger partial charge in [-0.25, -0.2) is 13.1 Å². The van der Waals surface area contributed by atoms with Crippen molar-refractivity contribution in [2.24, 2.45) is 22.7 Å². The van der Waals surface area contributed by atoms with E-state index in [1.165, 1.54) is 0 Å². The Morgan fingerprint density at radius 1 is 1.35 bits per heavy atom. The molecule has 4 N–H and O–H groups in total. The highest BCUT2D eigenvalue weighted by Crippen LogP contribution is 2.31. The number of nitrogens with two attached hydrogens (primary N) is 1. The third-order valence-electron chi connectivity index (χ3n) is 3.49. The van der Waals surface area contributed by atoms with Crippen molar-refractivity contribution in [2.45, 2.75) is 38.1 Å². The second-order valence-corrected chi connectivity index (χ2v) is 6.81. The van der Waals surface area contributed by atoms with E-state index in [9.17, 15) is 8.42 Å². The molecule has 0 bridgehead atoms. The molecule has 2 fully saturated rings. The Morgan fingerprint density at radius 2 is 2.06 bits per heavy atom. The lowest BCUT2D eigenvalue weighted by Gasteiger charge is -2.19. The van der Waals surface area contributed by atoms with Gasteiger partial charge in [0.15, 0.2) is 0 Å². The number of nitrogens with zero attached hydrogens (tertiary/aromatic N) is 1. The van der Waals surface area contributed by atoms with Crippen molar-refractivity contribution in [3.8, 4) is 0 Å². The summed E-state index contributed by atoms with van der Waals surface area (Å²) >= 11 is 0. The van der Waals surface area contributed by atoms with Gasteiger partial charge in [-0.05, 0) is 31.6 Å². The van der Waals surface area contributed by atoms with Crippen molar-refractivity contribution < 1.29 is 13.6 Å². The van der Waals surface area contributed by atoms with Crippen LogP contribution in [0.25, 0.3) is 0 Å². The van der Waals surface area contributed by atoms with Gasteiger partial charge in [-0.2, -0.15) is 0 Å². The number of sulfonamides is 1. The van der Waals surface area contributed by atoms with E-state index in [0.717, 1.165) is 32.1 Å². The molecule has 0 saturated heterocycles. The number of hydrogen-bond donors (Lipinski definition) is 3. The molecule has 0 aliphatic heterocycles. The van der Waals surface area contributed by atoms with E-state index in [1.807, 2.05) is 0 Å². The van der Waals surface area contributed by atoms with Crippen molar-refractivity contribution in [3.63, 3.8) is 0 Å². The maximum atomic E-state index is 11.8. The van der Waals surface area contributed by atoms with Gasteiger partial charge in [0, 0.05) is 12.0 Å². The van der Waals surface area contributed by atoms with Crippen molar-refractivity contribution in [2.75, 3.05) is 5.75 Å². The van der Waals surface area contributed by atoms with Crippen LogP contribution in [0, 0.1) is 11.8 Å². The third kappa shape index (κ3) is 3.32. The first-order chi connectivity index (χ1) is 8.02. The van der Waals surface area contributed by atoms with Crippen molar-refractivity contribution in [1.29, 1.82) is 0 Å². The monoisotopic (exact) mass is 261 g/mol. The Balaban J connectivity index is 1.97. The normalized spacial score (nSPS) is 30.7. The van der Waals surface area contributed by atoms with Crippen LogP contribution in [-0.4, -0.2) is 31.3 Å². The summed E-state index contributed by atoms with van der Waals surface area (Å²) in [6, 6.07) is -0.213. The molecular formula is C10H19N3O3S. The summed E-state index contributed by atoms with van der Waals surface area (Å²) in [5, 5.41) is 11.6. The lowest BCUT2D eigenvalue weighted by molar-refractivity contribution is 0.312. The van der Waals surface area contributed by atoms with Crippen LogP contribution in [0.1, 0.15) is 32.1 Å². The molecule has 17 heavy (non-hydrogen) atoms. The minimum absolute atomic E-state index is 0.127. The topological polar surface area (TPSA) is 105 Å². The predicted molar refractivity (Wildman–Crippen MR) is 64.2 cm³/mol. The standard InChI is InChI=1S/C10H19N3O3S/c11-10(12-14)8-2-1-3-9(8)13-17(15,16)6-7-4-5-7/h7-9,13-14H,1-6H2,(H2,11,12). The Morgan fingerprint density at radius 3 is 2.65 bits per heavy atom. The number of oxime groups is 1. The minimum atomic E-state index is -3.22. The molecule has 2 saturated carbocycles. The molecule has 0 aromatic carbocycles. The lowest BCUT2D eigenvalue weighted by atomic mass is 10.0. The molecule has 2 aliphatic rings. The molecule has 0 spiro atoms. The highest BCUT2D eigenvalue weighted by Gasteiger charge is 2.35. The van der Waals surface area contributed by atoms with E-state index in [0.29, 0.717) is 5.92 Å².